The molecular formula is C17H23NO4. The van der Waals surface area contributed by atoms with E-state index >= 15 is 0 Å². The molecule has 1 heterocycles. The lowest BCUT2D eigenvalue weighted by Gasteiger charge is -2.38. The number of hydrogen-bond donors (Lipinski definition) is 0. The number of carbonyl (C=O) groups excluding carboxylic acids is 2. The zero-order valence-electron chi connectivity index (χ0n) is 13.8. The van der Waals surface area contributed by atoms with E-state index in [1.807, 2.05) is 39.0 Å². The molecule has 0 spiro atoms. The predicted octanol–water partition coefficient (Wildman–Crippen LogP) is 2.70. The summed E-state index contributed by atoms with van der Waals surface area (Å²) in [4.78, 5) is 26.1. The number of anilines is 1. The third-order valence-corrected chi connectivity index (χ3v) is 3.40. The van der Waals surface area contributed by atoms with Crippen molar-refractivity contribution in [2.75, 3.05) is 18.1 Å². The summed E-state index contributed by atoms with van der Waals surface area (Å²) in [5.74, 6) is 0.210. The van der Waals surface area contributed by atoms with Crippen LogP contribution in [0.25, 0.3) is 0 Å². The zero-order chi connectivity index (χ0) is 16.5. The fourth-order valence-corrected chi connectivity index (χ4v) is 2.27. The molecule has 120 valence electrons. The van der Waals surface area contributed by atoms with Crippen molar-refractivity contribution in [1.82, 2.24) is 0 Å². The summed E-state index contributed by atoms with van der Waals surface area (Å²) >= 11 is 0. The second kappa shape index (κ2) is 5.99. The average molecular weight is 305 g/mol. The maximum atomic E-state index is 12.6. The number of ether oxygens (including phenoxy) is 2. The molecule has 1 aliphatic rings. The van der Waals surface area contributed by atoms with Gasteiger partial charge in [0.2, 0.25) is 0 Å². The summed E-state index contributed by atoms with van der Waals surface area (Å²) in [6, 6.07) is 5.59. The smallest absolute Gasteiger partial charge is 0.326 e. The number of hydrogen-bond acceptors (Lipinski definition) is 4. The maximum Gasteiger partial charge on any atom is 0.326 e. The van der Waals surface area contributed by atoms with Crippen LogP contribution in [0.5, 0.6) is 5.75 Å². The number of nitrogens with zero attached hydrogens (tertiary/aromatic N) is 1. The van der Waals surface area contributed by atoms with Crippen LogP contribution in [-0.2, 0) is 14.3 Å². The third kappa shape index (κ3) is 3.40. The van der Waals surface area contributed by atoms with Gasteiger partial charge < -0.3 is 9.47 Å². The molecule has 2 rings (SSSR count). The van der Waals surface area contributed by atoms with Gasteiger partial charge in [-0.3, -0.25) is 14.5 Å². The number of aryl methyl sites for hydroxylation is 1. The Hall–Kier alpha value is -2.04. The maximum absolute atomic E-state index is 12.6. The second-order valence-electron chi connectivity index (χ2n) is 6.55. The molecule has 0 aliphatic carbocycles. The Balaban J connectivity index is 2.26. The molecule has 0 saturated heterocycles. The van der Waals surface area contributed by atoms with Crippen molar-refractivity contribution < 1.29 is 19.1 Å². The topological polar surface area (TPSA) is 55.8 Å². The van der Waals surface area contributed by atoms with Gasteiger partial charge in [-0.15, -0.1) is 0 Å². The molecule has 0 atom stereocenters. The van der Waals surface area contributed by atoms with Crippen molar-refractivity contribution in [3.8, 4) is 5.75 Å². The Morgan fingerprint density at radius 1 is 1.36 bits per heavy atom. The molecule has 1 aromatic rings. The summed E-state index contributed by atoms with van der Waals surface area (Å²) in [5, 5.41) is 0. The molecule has 0 unspecified atom stereocenters. The monoisotopic (exact) mass is 305 g/mol. The molecule has 5 nitrogen and oxygen atoms in total. The number of fused-ring (bicyclic) bond motifs is 1. The van der Waals surface area contributed by atoms with Crippen LogP contribution in [0.2, 0.25) is 0 Å². The van der Waals surface area contributed by atoms with E-state index < -0.39 is 11.6 Å². The molecule has 1 aliphatic heterocycles. The van der Waals surface area contributed by atoms with Gasteiger partial charge >= 0.3 is 5.97 Å². The molecule has 0 radical (unpaired) electrons. The third-order valence-electron chi connectivity index (χ3n) is 3.40. The minimum Gasteiger partial charge on any atom is -0.476 e. The van der Waals surface area contributed by atoms with Crippen LogP contribution in [0, 0.1) is 12.8 Å². The quantitative estimate of drug-likeness (QED) is 0.803. The van der Waals surface area contributed by atoms with E-state index in [0.717, 1.165) is 5.56 Å². The second-order valence-corrected chi connectivity index (χ2v) is 6.55. The predicted molar refractivity (Wildman–Crippen MR) is 84.0 cm³/mol. The average Bonchev–Trinajstić information content (AvgIpc) is 2.42. The zero-order valence-corrected chi connectivity index (χ0v) is 13.8. The number of carbonyl (C=O) groups is 2. The largest absolute Gasteiger partial charge is 0.476 e. The van der Waals surface area contributed by atoms with E-state index in [9.17, 15) is 9.59 Å². The molecule has 1 aromatic carbocycles. The van der Waals surface area contributed by atoms with Gasteiger partial charge in [-0.1, -0.05) is 19.9 Å². The van der Waals surface area contributed by atoms with Gasteiger partial charge in [-0.05, 0) is 44.4 Å². The SMILES string of the molecule is Cc1ccc2c(c1)N(CC(=O)OCC(C)C)C(=O)C(C)(C)O2. The first kappa shape index (κ1) is 16.3. The van der Waals surface area contributed by atoms with Gasteiger partial charge in [0.15, 0.2) is 5.60 Å². The van der Waals surface area contributed by atoms with E-state index in [4.69, 9.17) is 9.47 Å². The number of benzene rings is 1. The highest BCUT2D eigenvalue weighted by molar-refractivity contribution is 6.05. The van der Waals surface area contributed by atoms with Crippen LogP contribution in [0.4, 0.5) is 5.69 Å². The van der Waals surface area contributed by atoms with Crippen LogP contribution >= 0.6 is 0 Å². The van der Waals surface area contributed by atoms with Crippen LogP contribution in [0.1, 0.15) is 33.3 Å². The van der Waals surface area contributed by atoms with E-state index in [1.54, 1.807) is 13.8 Å². The fourth-order valence-electron chi connectivity index (χ4n) is 2.27. The van der Waals surface area contributed by atoms with Crippen molar-refractivity contribution in [3.05, 3.63) is 23.8 Å². The Morgan fingerprint density at radius 3 is 2.68 bits per heavy atom. The summed E-state index contributed by atoms with van der Waals surface area (Å²) in [5.41, 5.74) is 0.613. The standard InChI is InChI=1S/C17H23NO4/c1-11(2)10-21-15(19)9-18-13-8-12(3)6-7-14(13)22-17(4,5)16(18)20/h6-8,11H,9-10H2,1-5H3. The van der Waals surface area contributed by atoms with E-state index in [0.29, 0.717) is 18.0 Å². The molecule has 0 fully saturated rings. The first-order chi connectivity index (χ1) is 10.2. The van der Waals surface area contributed by atoms with Crippen molar-refractivity contribution in [2.24, 2.45) is 5.92 Å². The lowest BCUT2D eigenvalue weighted by molar-refractivity contribution is -0.145. The Morgan fingerprint density at radius 2 is 2.05 bits per heavy atom. The Labute approximate surface area is 131 Å². The highest BCUT2D eigenvalue weighted by atomic mass is 16.5. The molecule has 5 heteroatoms. The first-order valence-corrected chi connectivity index (χ1v) is 7.48. The van der Waals surface area contributed by atoms with Gasteiger partial charge in [-0.2, -0.15) is 0 Å². The Kier molecular flexibility index (Phi) is 4.44. The molecule has 0 aromatic heterocycles. The normalized spacial score (nSPS) is 16.3. The summed E-state index contributed by atoms with van der Waals surface area (Å²) in [6.45, 7) is 9.51. The van der Waals surface area contributed by atoms with E-state index in [-0.39, 0.29) is 18.4 Å². The van der Waals surface area contributed by atoms with Gasteiger partial charge in [-0.25, -0.2) is 0 Å². The Bertz CT molecular complexity index is 592. The van der Waals surface area contributed by atoms with Crippen LogP contribution in [-0.4, -0.2) is 30.6 Å². The van der Waals surface area contributed by atoms with Crippen molar-refractivity contribution in [2.45, 2.75) is 40.2 Å². The van der Waals surface area contributed by atoms with Gasteiger partial charge in [0.25, 0.3) is 5.91 Å². The molecule has 0 bridgehead atoms. The lowest BCUT2D eigenvalue weighted by atomic mass is 10.0. The van der Waals surface area contributed by atoms with E-state index in [2.05, 4.69) is 0 Å². The molecule has 0 N–H and O–H groups in total. The van der Waals surface area contributed by atoms with Crippen LogP contribution < -0.4 is 9.64 Å². The summed E-state index contributed by atoms with van der Waals surface area (Å²) < 4.78 is 10.9. The van der Waals surface area contributed by atoms with Gasteiger partial charge in [0.1, 0.15) is 12.3 Å². The van der Waals surface area contributed by atoms with Crippen LogP contribution in [0.3, 0.4) is 0 Å². The van der Waals surface area contributed by atoms with Crippen molar-refractivity contribution in [1.29, 1.82) is 0 Å². The van der Waals surface area contributed by atoms with Crippen molar-refractivity contribution >= 4 is 17.6 Å². The summed E-state index contributed by atoms with van der Waals surface area (Å²) in [7, 11) is 0. The minimum absolute atomic E-state index is 0.102. The van der Waals surface area contributed by atoms with Crippen LogP contribution in [0.15, 0.2) is 18.2 Å². The number of amides is 1. The van der Waals surface area contributed by atoms with Crippen molar-refractivity contribution in [3.63, 3.8) is 0 Å². The highest BCUT2D eigenvalue weighted by Crippen LogP contribution is 2.38. The molecule has 1 amide bonds. The van der Waals surface area contributed by atoms with Gasteiger partial charge in [0, 0.05) is 0 Å². The molecular weight excluding hydrogens is 282 g/mol. The fraction of sp³-hybridized carbons (Fsp3) is 0.529. The highest BCUT2D eigenvalue weighted by Gasteiger charge is 2.41. The molecule has 22 heavy (non-hydrogen) atoms. The lowest BCUT2D eigenvalue weighted by Crippen LogP contribution is -2.54. The number of esters is 1. The van der Waals surface area contributed by atoms with Gasteiger partial charge in [0.05, 0.1) is 12.3 Å². The molecule has 0 saturated carbocycles. The number of rotatable bonds is 4. The minimum atomic E-state index is -0.999. The van der Waals surface area contributed by atoms with E-state index in [1.165, 1.54) is 4.90 Å². The summed E-state index contributed by atoms with van der Waals surface area (Å²) in [6.07, 6.45) is 0. The first-order valence-electron chi connectivity index (χ1n) is 7.48.